The van der Waals surface area contributed by atoms with Gasteiger partial charge in [-0.3, -0.25) is 14.8 Å². The average molecular weight is 336 g/mol. The number of benzene rings is 2. The van der Waals surface area contributed by atoms with Crippen molar-refractivity contribution in [2.45, 2.75) is 19.2 Å². The first kappa shape index (κ1) is 15.3. The molecule has 0 saturated heterocycles. The Kier molecular flexibility index (Phi) is 3.70. The Balaban J connectivity index is 1.66. The summed E-state index contributed by atoms with van der Waals surface area (Å²) in [7, 11) is 0. The molecule has 0 spiro atoms. The van der Waals surface area contributed by atoms with Crippen LogP contribution < -0.4 is 0 Å². The van der Waals surface area contributed by atoms with Crippen molar-refractivity contribution in [1.29, 1.82) is 0 Å². The third kappa shape index (κ3) is 2.74. The summed E-state index contributed by atoms with van der Waals surface area (Å²) in [6.07, 6.45) is 1.79. The number of aliphatic hydroxyl groups is 1. The standard InChI is InChI=1S/C18H16N4O3/c23-14(11-20-10-13(9-19-20)22(24)25)12-21-17-7-3-1-5-15(17)16-6-2-4-8-18(16)21/h1-10,14,23H,11-12H2. The number of fused-ring (bicyclic) bond motifs is 3. The molecule has 0 amide bonds. The highest BCUT2D eigenvalue weighted by molar-refractivity contribution is 6.07. The van der Waals surface area contributed by atoms with Gasteiger partial charge >= 0.3 is 5.69 Å². The van der Waals surface area contributed by atoms with E-state index in [1.165, 1.54) is 17.1 Å². The molecule has 126 valence electrons. The monoisotopic (exact) mass is 336 g/mol. The van der Waals surface area contributed by atoms with Crippen LogP contribution in [0.5, 0.6) is 0 Å². The van der Waals surface area contributed by atoms with Crippen LogP contribution in [0.15, 0.2) is 60.9 Å². The maximum absolute atomic E-state index is 10.7. The normalized spacial score (nSPS) is 12.7. The van der Waals surface area contributed by atoms with E-state index in [0.29, 0.717) is 6.54 Å². The largest absolute Gasteiger partial charge is 0.389 e. The fourth-order valence-corrected chi connectivity index (χ4v) is 3.23. The zero-order chi connectivity index (χ0) is 17.4. The van der Waals surface area contributed by atoms with Crippen molar-refractivity contribution in [3.63, 3.8) is 0 Å². The number of para-hydroxylation sites is 2. The second-order valence-corrected chi connectivity index (χ2v) is 5.98. The fraction of sp³-hybridized carbons (Fsp3) is 0.167. The number of nitrogens with zero attached hydrogens (tertiary/aromatic N) is 4. The van der Waals surface area contributed by atoms with Crippen LogP contribution in [0.1, 0.15) is 0 Å². The van der Waals surface area contributed by atoms with E-state index in [2.05, 4.69) is 21.8 Å². The van der Waals surface area contributed by atoms with Gasteiger partial charge in [0.2, 0.25) is 0 Å². The Morgan fingerprint density at radius 1 is 1.04 bits per heavy atom. The van der Waals surface area contributed by atoms with Gasteiger partial charge < -0.3 is 9.67 Å². The highest BCUT2D eigenvalue weighted by Gasteiger charge is 2.15. The number of aliphatic hydroxyl groups excluding tert-OH is 1. The van der Waals surface area contributed by atoms with Crippen LogP contribution in [0.4, 0.5) is 5.69 Å². The molecule has 0 aliphatic rings. The molecule has 0 radical (unpaired) electrons. The van der Waals surface area contributed by atoms with E-state index in [0.717, 1.165) is 21.8 Å². The van der Waals surface area contributed by atoms with E-state index in [-0.39, 0.29) is 12.2 Å². The van der Waals surface area contributed by atoms with Gasteiger partial charge in [0, 0.05) is 21.8 Å². The summed E-state index contributed by atoms with van der Waals surface area (Å²) < 4.78 is 3.48. The van der Waals surface area contributed by atoms with E-state index < -0.39 is 11.0 Å². The zero-order valence-electron chi connectivity index (χ0n) is 13.3. The SMILES string of the molecule is O=[N+]([O-])c1cnn(CC(O)Cn2c3ccccc3c3ccccc32)c1. The smallest absolute Gasteiger partial charge is 0.306 e. The molecule has 0 saturated carbocycles. The van der Waals surface area contributed by atoms with Crippen molar-refractivity contribution in [3.8, 4) is 0 Å². The number of hydrogen-bond acceptors (Lipinski definition) is 4. The summed E-state index contributed by atoms with van der Waals surface area (Å²) in [6.45, 7) is 0.566. The van der Waals surface area contributed by atoms with Gasteiger partial charge in [-0.05, 0) is 12.1 Å². The Labute approximate surface area is 142 Å². The molecule has 1 N–H and O–H groups in total. The molecule has 2 aromatic heterocycles. The molecule has 7 nitrogen and oxygen atoms in total. The van der Waals surface area contributed by atoms with E-state index >= 15 is 0 Å². The van der Waals surface area contributed by atoms with E-state index in [1.807, 2.05) is 36.4 Å². The van der Waals surface area contributed by atoms with Crippen molar-refractivity contribution >= 4 is 27.5 Å². The van der Waals surface area contributed by atoms with Crippen molar-refractivity contribution in [1.82, 2.24) is 14.3 Å². The lowest BCUT2D eigenvalue weighted by Gasteiger charge is -2.14. The van der Waals surface area contributed by atoms with E-state index in [9.17, 15) is 15.2 Å². The third-order valence-electron chi connectivity index (χ3n) is 4.30. The molecule has 4 aromatic rings. The van der Waals surface area contributed by atoms with Gasteiger partial charge in [-0.25, -0.2) is 0 Å². The summed E-state index contributed by atoms with van der Waals surface area (Å²) in [5.41, 5.74) is 2.02. The average Bonchev–Trinajstić information content (AvgIpc) is 3.19. The van der Waals surface area contributed by atoms with Crippen molar-refractivity contribution in [2.24, 2.45) is 0 Å². The van der Waals surface area contributed by atoms with Gasteiger partial charge in [0.25, 0.3) is 0 Å². The summed E-state index contributed by atoms with van der Waals surface area (Å²) in [4.78, 5) is 10.2. The number of hydrogen-bond donors (Lipinski definition) is 1. The van der Waals surface area contributed by atoms with Gasteiger partial charge in [-0.2, -0.15) is 5.10 Å². The molecular formula is C18H16N4O3. The summed E-state index contributed by atoms with van der Waals surface area (Å²) >= 11 is 0. The molecule has 0 fully saturated rings. The zero-order valence-corrected chi connectivity index (χ0v) is 13.3. The molecule has 0 bridgehead atoms. The minimum absolute atomic E-state index is 0.0796. The van der Waals surface area contributed by atoms with Crippen molar-refractivity contribution in [2.75, 3.05) is 0 Å². The van der Waals surface area contributed by atoms with Crippen LogP contribution in [0.2, 0.25) is 0 Å². The van der Waals surface area contributed by atoms with Gasteiger partial charge in [-0.1, -0.05) is 36.4 Å². The molecule has 4 rings (SSSR count). The number of aromatic nitrogens is 3. The van der Waals surface area contributed by atoms with Crippen molar-refractivity contribution < 1.29 is 10.0 Å². The van der Waals surface area contributed by atoms with Gasteiger partial charge in [0.1, 0.15) is 12.4 Å². The van der Waals surface area contributed by atoms with Crippen LogP contribution in [0.25, 0.3) is 21.8 Å². The highest BCUT2D eigenvalue weighted by atomic mass is 16.6. The quantitative estimate of drug-likeness (QED) is 0.448. The maximum atomic E-state index is 10.7. The summed E-state index contributed by atoms with van der Waals surface area (Å²) in [6, 6.07) is 16.1. The Morgan fingerprint density at radius 2 is 1.64 bits per heavy atom. The maximum Gasteiger partial charge on any atom is 0.306 e. The molecule has 2 aromatic carbocycles. The van der Waals surface area contributed by atoms with Crippen LogP contribution in [-0.4, -0.2) is 30.5 Å². The van der Waals surface area contributed by atoms with Crippen LogP contribution in [0, 0.1) is 10.1 Å². The molecule has 0 aliphatic heterocycles. The summed E-state index contributed by atoms with van der Waals surface area (Å²) in [5, 5.41) is 27.4. The molecule has 25 heavy (non-hydrogen) atoms. The fourth-order valence-electron chi connectivity index (χ4n) is 3.23. The van der Waals surface area contributed by atoms with Crippen LogP contribution >= 0.6 is 0 Å². The van der Waals surface area contributed by atoms with Crippen LogP contribution in [-0.2, 0) is 13.1 Å². The lowest BCUT2D eigenvalue weighted by atomic mass is 10.2. The van der Waals surface area contributed by atoms with Crippen molar-refractivity contribution in [3.05, 3.63) is 71.0 Å². The van der Waals surface area contributed by atoms with Crippen LogP contribution in [0.3, 0.4) is 0 Å². The van der Waals surface area contributed by atoms with Gasteiger partial charge in [0.05, 0.1) is 24.1 Å². The molecule has 0 aliphatic carbocycles. The number of rotatable bonds is 5. The minimum Gasteiger partial charge on any atom is -0.389 e. The van der Waals surface area contributed by atoms with Gasteiger partial charge in [0.15, 0.2) is 0 Å². The molecule has 2 heterocycles. The molecule has 7 heteroatoms. The first-order valence-electron chi connectivity index (χ1n) is 7.94. The second kappa shape index (κ2) is 6.03. The van der Waals surface area contributed by atoms with E-state index in [4.69, 9.17) is 0 Å². The molecule has 1 atom stereocenters. The lowest BCUT2D eigenvalue weighted by Crippen LogP contribution is -2.22. The third-order valence-corrected chi connectivity index (χ3v) is 4.30. The highest BCUT2D eigenvalue weighted by Crippen LogP contribution is 2.28. The van der Waals surface area contributed by atoms with Gasteiger partial charge in [-0.15, -0.1) is 0 Å². The second-order valence-electron chi connectivity index (χ2n) is 5.98. The minimum atomic E-state index is -0.723. The Bertz CT molecular complexity index is 1010. The lowest BCUT2D eigenvalue weighted by molar-refractivity contribution is -0.385. The van der Waals surface area contributed by atoms with E-state index in [1.54, 1.807) is 0 Å². The topological polar surface area (TPSA) is 86.1 Å². The first-order valence-corrected chi connectivity index (χ1v) is 7.94. The number of nitro groups is 1. The first-order chi connectivity index (χ1) is 12.1. The predicted octanol–water partition coefficient (Wildman–Crippen LogP) is 2.96. The predicted molar refractivity (Wildman–Crippen MR) is 94.3 cm³/mol. The Hall–Kier alpha value is -3.19. The summed E-state index contributed by atoms with van der Waals surface area (Å²) in [5.74, 6) is 0. The molecule has 1 unspecified atom stereocenters. The molecular weight excluding hydrogens is 320 g/mol. The Morgan fingerprint density at radius 3 is 2.20 bits per heavy atom.